The molecular formula is C39H49F3N2O4. The van der Waals surface area contributed by atoms with Crippen molar-refractivity contribution in [1.29, 1.82) is 0 Å². The van der Waals surface area contributed by atoms with Crippen molar-refractivity contribution in [3.8, 4) is 11.1 Å². The maximum atomic E-state index is 16.7. The number of aliphatic carboxylic acids is 1. The number of carbonyl (C=O) groups is 2. The fraction of sp³-hybridized carbons (Fsp3) is 0.513. The van der Waals surface area contributed by atoms with Crippen molar-refractivity contribution in [2.24, 2.45) is 5.92 Å². The average Bonchev–Trinajstić information content (AvgIpc) is 3.82. The van der Waals surface area contributed by atoms with Gasteiger partial charge in [0.25, 0.3) is 5.56 Å². The van der Waals surface area contributed by atoms with Gasteiger partial charge in [0.2, 0.25) is 0 Å². The van der Waals surface area contributed by atoms with Crippen molar-refractivity contribution in [1.82, 2.24) is 9.47 Å². The Morgan fingerprint density at radius 3 is 2.19 bits per heavy atom. The number of carbonyl (C=O) groups excluding carboxylic acids is 1. The Morgan fingerprint density at radius 2 is 1.60 bits per heavy atom. The second-order valence-electron chi connectivity index (χ2n) is 14.4. The molecule has 0 amide bonds. The lowest BCUT2D eigenvalue weighted by atomic mass is 9.82. The van der Waals surface area contributed by atoms with Crippen LogP contribution in [0.25, 0.3) is 11.1 Å². The highest BCUT2D eigenvalue weighted by Crippen LogP contribution is 2.45. The molecule has 3 aromatic rings. The van der Waals surface area contributed by atoms with Gasteiger partial charge in [-0.2, -0.15) is 0 Å². The van der Waals surface area contributed by atoms with E-state index >= 15 is 13.2 Å². The highest BCUT2D eigenvalue weighted by Gasteiger charge is 2.34. The second kappa shape index (κ2) is 15.2. The number of nitrogens with zero attached hydrogens (tertiary/aromatic N) is 2. The number of halogens is 3. The summed E-state index contributed by atoms with van der Waals surface area (Å²) in [6, 6.07) is 3.59. The molecule has 1 saturated carbocycles. The quantitative estimate of drug-likeness (QED) is 0.176. The molecule has 1 aliphatic rings. The van der Waals surface area contributed by atoms with E-state index < -0.39 is 59.6 Å². The molecule has 0 saturated heterocycles. The lowest BCUT2D eigenvalue weighted by Crippen LogP contribution is -2.32. The molecule has 48 heavy (non-hydrogen) atoms. The van der Waals surface area contributed by atoms with Gasteiger partial charge in [0.05, 0.1) is 12.5 Å². The molecule has 1 aromatic heterocycles. The Bertz CT molecular complexity index is 1760. The molecular weight excluding hydrogens is 617 g/mol. The first kappa shape index (κ1) is 37.1. The minimum absolute atomic E-state index is 0.0132. The van der Waals surface area contributed by atoms with Gasteiger partial charge in [0, 0.05) is 35.7 Å². The number of aryl methyl sites for hydroxylation is 4. The highest BCUT2D eigenvalue weighted by molar-refractivity contribution is 5.84. The molecule has 2 aromatic carbocycles. The van der Waals surface area contributed by atoms with Gasteiger partial charge in [-0.3, -0.25) is 14.4 Å². The van der Waals surface area contributed by atoms with E-state index in [1.54, 1.807) is 26.1 Å². The number of hydrogen-bond acceptors (Lipinski definition) is 4. The van der Waals surface area contributed by atoms with Crippen molar-refractivity contribution < 1.29 is 27.9 Å². The minimum Gasteiger partial charge on any atom is -0.481 e. The van der Waals surface area contributed by atoms with Gasteiger partial charge in [-0.25, -0.2) is 13.2 Å². The SMILES string of the molecule is Cc1cc(=O)n(C(CC(C)C)C(=O)C[C@@H](CC(=O)O)c2c(F)c(C)cc(-c3c(C)cc(C4CC4)c(F)c3C)c2F)cc1CCCN(C)C. The third-order valence-corrected chi connectivity index (χ3v) is 9.55. The van der Waals surface area contributed by atoms with Gasteiger partial charge < -0.3 is 14.6 Å². The molecule has 1 fully saturated rings. The lowest BCUT2D eigenvalue weighted by Gasteiger charge is -2.26. The van der Waals surface area contributed by atoms with E-state index in [-0.39, 0.29) is 40.5 Å². The summed E-state index contributed by atoms with van der Waals surface area (Å²) in [4.78, 5) is 41.7. The highest BCUT2D eigenvalue weighted by atomic mass is 19.1. The molecule has 6 nitrogen and oxygen atoms in total. The number of carboxylic acid groups (broad SMARTS) is 1. The fourth-order valence-electron chi connectivity index (χ4n) is 6.92. The molecule has 1 aliphatic carbocycles. The summed E-state index contributed by atoms with van der Waals surface area (Å²) in [6.45, 7) is 11.3. The Labute approximate surface area is 282 Å². The normalized spacial score (nSPS) is 14.5. The van der Waals surface area contributed by atoms with Crippen LogP contribution in [0.2, 0.25) is 0 Å². The molecule has 260 valence electrons. The predicted octanol–water partition coefficient (Wildman–Crippen LogP) is 8.34. The predicted molar refractivity (Wildman–Crippen MR) is 183 cm³/mol. The van der Waals surface area contributed by atoms with Gasteiger partial charge in [-0.1, -0.05) is 19.9 Å². The summed E-state index contributed by atoms with van der Waals surface area (Å²) in [7, 11) is 3.96. The smallest absolute Gasteiger partial charge is 0.303 e. The van der Waals surface area contributed by atoms with Crippen LogP contribution in [0.15, 0.2) is 29.2 Å². The largest absolute Gasteiger partial charge is 0.481 e. The Balaban J connectivity index is 1.79. The van der Waals surface area contributed by atoms with Crippen LogP contribution in [0.4, 0.5) is 13.2 Å². The first-order chi connectivity index (χ1) is 22.5. The third-order valence-electron chi connectivity index (χ3n) is 9.55. The number of rotatable bonds is 15. The van der Waals surface area contributed by atoms with Crippen LogP contribution >= 0.6 is 0 Å². The molecule has 9 heteroatoms. The maximum absolute atomic E-state index is 16.7. The molecule has 0 radical (unpaired) electrons. The van der Waals surface area contributed by atoms with Crippen LogP contribution in [-0.4, -0.2) is 47.0 Å². The number of hydrogen-bond donors (Lipinski definition) is 1. The number of aromatic nitrogens is 1. The van der Waals surface area contributed by atoms with Crippen LogP contribution in [0.3, 0.4) is 0 Å². The third kappa shape index (κ3) is 8.28. The number of Topliss-reactive ketones (excluding diaryl/α,β-unsaturated/α-hetero) is 1. The van der Waals surface area contributed by atoms with Gasteiger partial charge >= 0.3 is 5.97 Å². The topological polar surface area (TPSA) is 79.6 Å². The Morgan fingerprint density at radius 1 is 0.938 bits per heavy atom. The summed E-state index contributed by atoms with van der Waals surface area (Å²) in [5, 5.41) is 9.88. The zero-order chi connectivity index (χ0) is 35.6. The van der Waals surface area contributed by atoms with Crippen LogP contribution in [0, 0.1) is 51.1 Å². The van der Waals surface area contributed by atoms with E-state index in [2.05, 4.69) is 4.90 Å². The van der Waals surface area contributed by atoms with Crippen molar-refractivity contribution in [3.63, 3.8) is 0 Å². The molecule has 1 unspecified atom stereocenters. The molecule has 0 spiro atoms. The van der Waals surface area contributed by atoms with E-state index in [0.717, 1.165) is 36.9 Å². The summed E-state index contributed by atoms with van der Waals surface area (Å²) in [6.07, 6.45) is 4.10. The van der Waals surface area contributed by atoms with Crippen molar-refractivity contribution in [2.75, 3.05) is 20.6 Å². The molecule has 4 rings (SSSR count). The standard InChI is InChI=1S/C39H49F3N2O4/c1-21(2)14-31(44-20-27(10-9-13-43(7)8)22(3)17-33(44)46)32(45)18-28(19-34(47)48)36-37(40)24(5)16-30(39(36)42)35-23(4)15-29(26-11-12-26)38(41)25(35)6/h15-17,20-21,26,28,31H,9-14,18-19H2,1-8H3,(H,47,48)/t28-,31?/m0/s1. The van der Waals surface area contributed by atoms with Crippen molar-refractivity contribution >= 4 is 11.8 Å². The molecule has 1 N–H and O–H groups in total. The van der Waals surface area contributed by atoms with Gasteiger partial charge in [0.1, 0.15) is 17.5 Å². The average molecular weight is 667 g/mol. The minimum atomic E-state index is -1.36. The Hall–Kier alpha value is -3.72. The van der Waals surface area contributed by atoms with Crippen LogP contribution in [0.5, 0.6) is 0 Å². The zero-order valence-corrected chi connectivity index (χ0v) is 29.5. The van der Waals surface area contributed by atoms with Gasteiger partial charge in [-0.15, -0.1) is 0 Å². The van der Waals surface area contributed by atoms with Gasteiger partial charge in [0.15, 0.2) is 5.78 Å². The number of pyridine rings is 1. The number of benzene rings is 2. The lowest BCUT2D eigenvalue weighted by molar-refractivity contribution is -0.137. The first-order valence-electron chi connectivity index (χ1n) is 16.9. The summed E-state index contributed by atoms with van der Waals surface area (Å²) in [5.41, 5.74) is 2.67. The van der Waals surface area contributed by atoms with Crippen LogP contribution < -0.4 is 5.56 Å². The van der Waals surface area contributed by atoms with Crippen molar-refractivity contribution in [3.05, 3.63) is 91.1 Å². The van der Waals surface area contributed by atoms with E-state index in [4.69, 9.17) is 0 Å². The summed E-state index contributed by atoms with van der Waals surface area (Å²) >= 11 is 0. The van der Waals surface area contributed by atoms with Gasteiger partial charge in [-0.05, 0) is 137 Å². The molecule has 2 atom stereocenters. The summed E-state index contributed by atoms with van der Waals surface area (Å²) < 4.78 is 49.6. The number of ketones is 1. The van der Waals surface area contributed by atoms with Crippen LogP contribution in [0.1, 0.15) is 109 Å². The van der Waals surface area contributed by atoms with E-state index in [1.165, 1.54) is 23.6 Å². The Kier molecular flexibility index (Phi) is 11.8. The summed E-state index contributed by atoms with van der Waals surface area (Å²) in [5.74, 6) is -5.39. The van der Waals surface area contributed by atoms with E-state index in [9.17, 15) is 19.5 Å². The van der Waals surface area contributed by atoms with E-state index in [0.29, 0.717) is 23.1 Å². The maximum Gasteiger partial charge on any atom is 0.303 e. The number of carboxylic acids is 1. The molecule has 0 bridgehead atoms. The molecule has 1 heterocycles. The van der Waals surface area contributed by atoms with Crippen LogP contribution in [-0.2, 0) is 16.0 Å². The monoisotopic (exact) mass is 666 g/mol. The fourth-order valence-corrected chi connectivity index (χ4v) is 6.92. The molecule has 0 aliphatic heterocycles. The van der Waals surface area contributed by atoms with E-state index in [1.807, 2.05) is 34.9 Å². The zero-order valence-electron chi connectivity index (χ0n) is 29.5. The second-order valence-corrected chi connectivity index (χ2v) is 14.4. The van der Waals surface area contributed by atoms with Crippen molar-refractivity contribution in [2.45, 2.75) is 104 Å². The first-order valence-corrected chi connectivity index (χ1v) is 16.9.